The number of benzene rings is 2. The minimum atomic E-state index is 0.969. The molecule has 0 spiro atoms. The summed E-state index contributed by atoms with van der Waals surface area (Å²) in [7, 11) is 0. The van der Waals surface area contributed by atoms with Crippen molar-refractivity contribution in [1.29, 1.82) is 0 Å². The summed E-state index contributed by atoms with van der Waals surface area (Å²) in [4.78, 5) is 9.11. The minimum absolute atomic E-state index is 0.969. The normalized spacial score (nSPS) is 12.6. The van der Waals surface area contributed by atoms with Crippen LogP contribution in [0.4, 0.5) is 11.4 Å². The Morgan fingerprint density at radius 2 is 1.11 bits per heavy atom. The monoisotopic (exact) mass is 234 g/mol. The van der Waals surface area contributed by atoms with Crippen molar-refractivity contribution in [1.82, 2.24) is 0 Å². The molecule has 2 aromatic carbocycles. The number of aryl methyl sites for hydroxylation is 2. The molecular formula is C16H14N2. The van der Waals surface area contributed by atoms with Gasteiger partial charge in [-0.25, -0.2) is 0 Å². The molecule has 0 N–H and O–H groups in total. The molecule has 18 heavy (non-hydrogen) atoms. The summed E-state index contributed by atoms with van der Waals surface area (Å²) in [6.07, 6.45) is 3.79. The van der Waals surface area contributed by atoms with Gasteiger partial charge in [-0.1, -0.05) is 23.3 Å². The zero-order chi connectivity index (χ0) is 12.5. The topological polar surface area (TPSA) is 24.7 Å². The van der Waals surface area contributed by atoms with Crippen LogP contribution in [0.15, 0.2) is 46.4 Å². The molecule has 3 rings (SSSR count). The van der Waals surface area contributed by atoms with Crippen molar-refractivity contribution in [2.75, 3.05) is 0 Å². The van der Waals surface area contributed by atoms with Crippen molar-refractivity contribution >= 4 is 23.8 Å². The van der Waals surface area contributed by atoms with Crippen LogP contribution < -0.4 is 0 Å². The zero-order valence-electron chi connectivity index (χ0n) is 10.5. The number of nitrogens with zero attached hydrogens (tertiary/aromatic N) is 2. The Balaban J connectivity index is 2.16. The Morgan fingerprint density at radius 1 is 0.667 bits per heavy atom. The van der Waals surface area contributed by atoms with Gasteiger partial charge in [-0.05, 0) is 38.1 Å². The van der Waals surface area contributed by atoms with E-state index in [2.05, 4.69) is 48.1 Å². The molecule has 88 valence electrons. The molecule has 0 amide bonds. The highest BCUT2D eigenvalue weighted by Crippen LogP contribution is 2.25. The highest BCUT2D eigenvalue weighted by Gasteiger charge is 2.05. The van der Waals surface area contributed by atoms with Crippen LogP contribution in [-0.4, -0.2) is 12.4 Å². The first kappa shape index (κ1) is 10.9. The van der Waals surface area contributed by atoms with Crippen LogP contribution >= 0.6 is 0 Å². The maximum Gasteiger partial charge on any atom is 0.0717 e. The predicted octanol–water partition coefficient (Wildman–Crippen LogP) is 4.12. The molecule has 0 fully saturated rings. The zero-order valence-corrected chi connectivity index (χ0v) is 10.5. The van der Waals surface area contributed by atoms with Gasteiger partial charge in [0.05, 0.1) is 11.4 Å². The van der Waals surface area contributed by atoms with E-state index in [9.17, 15) is 0 Å². The molecule has 0 aliphatic carbocycles. The Hall–Kier alpha value is -2.22. The van der Waals surface area contributed by atoms with E-state index in [1.54, 1.807) is 0 Å². The first-order chi connectivity index (χ1) is 8.72. The van der Waals surface area contributed by atoms with Gasteiger partial charge in [0.2, 0.25) is 0 Å². The maximum atomic E-state index is 4.55. The summed E-state index contributed by atoms with van der Waals surface area (Å²) in [6.45, 7) is 4.15. The SMILES string of the molecule is Cc1ccc2c(c1)C=Nc1ccc(C)cc1C=N2. The summed E-state index contributed by atoms with van der Waals surface area (Å²) >= 11 is 0. The predicted molar refractivity (Wildman–Crippen MR) is 76.9 cm³/mol. The first-order valence-electron chi connectivity index (χ1n) is 6.02. The summed E-state index contributed by atoms with van der Waals surface area (Å²) < 4.78 is 0. The highest BCUT2D eigenvalue weighted by atomic mass is 14.8. The fraction of sp³-hybridized carbons (Fsp3) is 0.125. The standard InChI is InChI=1S/C16H14N2/c1-11-3-5-15-13(7-11)9-17-16-6-4-12(2)8-14(16)10-18-15/h3-10H,1-2H3. The van der Waals surface area contributed by atoms with Crippen molar-refractivity contribution in [3.05, 3.63) is 58.7 Å². The summed E-state index contributed by atoms with van der Waals surface area (Å²) in [5.41, 5.74) is 6.52. The quantitative estimate of drug-likeness (QED) is 0.559. The molecule has 0 bridgehead atoms. The van der Waals surface area contributed by atoms with Gasteiger partial charge < -0.3 is 0 Å². The van der Waals surface area contributed by atoms with Gasteiger partial charge in [0.1, 0.15) is 0 Å². The van der Waals surface area contributed by atoms with E-state index in [4.69, 9.17) is 0 Å². The van der Waals surface area contributed by atoms with Gasteiger partial charge in [0.15, 0.2) is 0 Å². The number of rotatable bonds is 0. The maximum absolute atomic E-state index is 4.55. The Kier molecular flexibility index (Phi) is 2.56. The fourth-order valence-corrected chi connectivity index (χ4v) is 2.07. The van der Waals surface area contributed by atoms with Gasteiger partial charge in [0.25, 0.3) is 0 Å². The smallest absolute Gasteiger partial charge is 0.0717 e. The van der Waals surface area contributed by atoms with Crippen molar-refractivity contribution in [2.24, 2.45) is 9.98 Å². The third-order valence-electron chi connectivity index (χ3n) is 3.05. The second kappa shape index (κ2) is 4.22. The van der Waals surface area contributed by atoms with E-state index < -0.39 is 0 Å². The Labute approximate surface area is 107 Å². The number of hydrogen-bond donors (Lipinski definition) is 0. The largest absolute Gasteiger partial charge is 0.255 e. The molecule has 1 aliphatic heterocycles. The van der Waals surface area contributed by atoms with Crippen LogP contribution in [0.2, 0.25) is 0 Å². The van der Waals surface area contributed by atoms with Gasteiger partial charge >= 0.3 is 0 Å². The summed E-state index contributed by atoms with van der Waals surface area (Å²) in [5, 5.41) is 0. The van der Waals surface area contributed by atoms with Crippen molar-refractivity contribution < 1.29 is 0 Å². The van der Waals surface area contributed by atoms with Crippen LogP contribution in [0.3, 0.4) is 0 Å². The van der Waals surface area contributed by atoms with E-state index in [0.717, 1.165) is 22.5 Å². The molecule has 0 atom stereocenters. The van der Waals surface area contributed by atoms with Gasteiger partial charge in [0, 0.05) is 23.6 Å². The lowest BCUT2D eigenvalue weighted by Gasteiger charge is -2.07. The molecule has 2 nitrogen and oxygen atoms in total. The average molecular weight is 234 g/mol. The highest BCUT2D eigenvalue weighted by molar-refractivity contribution is 5.97. The van der Waals surface area contributed by atoms with E-state index in [1.807, 2.05) is 24.6 Å². The third kappa shape index (κ3) is 1.97. The fourth-order valence-electron chi connectivity index (χ4n) is 2.07. The van der Waals surface area contributed by atoms with Crippen LogP contribution in [0, 0.1) is 13.8 Å². The molecule has 0 aromatic heterocycles. The molecule has 1 aliphatic rings. The molecule has 2 heteroatoms. The average Bonchev–Trinajstić information content (AvgIpc) is 2.34. The second-order valence-electron chi connectivity index (χ2n) is 4.64. The number of aliphatic imine (C=N–C) groups is 2. The molecule has 1 heterocycles. The molecule has 0 saturated carbocycles. The number of hydrogen-bond acceptors (Lipinski definition) is 2. The lowest BCUT2D eigenvalue weighted by atomic mass is 10.1. The van der Waals surface area contributed by atoms with Crippen molar-refractivity contribution in [3.63, 3.8) is 0 Å². The molecule has 0 saturated heterocycles. The molecule has 0 radical (unpaired) electrons. The Bertz CT molecular complexity index is 607. The van der Waals surface area contributed by atoms with Crippen molar-refractivity contribution in [2.45, 2.75) is 13.8 Å². The molecular weight excluding hydrogens is 220 g/mol. The minimum Gasteiger partial charge on any atom is -0.255 e. The van der Waals surface area contributed by atoms with Gasteiger partial charge in [-0.15, -0.1) is 0 Å². The summed E-state index contributed by atoms with van der Waals surface area (Å²) in [6, 6.07) is 12.4. The van der Waals surface area contributed by atoms with Crippen LogP contribution in [0.25, 0.3) is 0 Å². The van der Waals surface area contributed by atoms with E-state index in [0.29, 0.717) is 0 Å². The summed E-state index contributed by atoms with van der Waals surface area (Å²) in [5.74, 6) is 0. The van der Waals surface area contributed by atoms with Crippen LogP contribution in [0.5, 0.6) is 0 Å². The van der Waals surface area contributed by atoms with E-state index in [-0.39, 0.29) is 0 Å². The van der Waals surface area contributed by atoms with Crippen LogP contribution in [0.1, 0.15) is 22.3 Å². The van der Waals surface area contributed by atoms with Crippen LogP contribution in [-0.2, 0) is 0 Å². The second-order valence-corrected chi connectivity index (χ2v) is 4.64. The lowest BCUT2D eigenvalue weighted by Crippen LogP contribution is -1.91. The molecule has 2 aromatic rings. The van der Waals surface area contributed by atoms with Gasteiger partial charge in [-0.2, -0.15) is 0 Å². The van der Waals surface area contributed by atoms with E-state index >= 15 is 0 Å². The lowest BCUT2D eigenvalue weighted by molar-refractivity contribution is 1.38. The number of fused-ring (bicyclic) bond motifs is 2. The molecule has 0 unspecified atom stereocenters. The van der Waals surface area contributed by atoms with Gasteiger partial charge in [-0.3, -0.25) is 9.98 Å². The third-order valence-corrected chi connectivity index (χ3v) is 3.05. The Morgan fingerprint density at radius 3 is 1.56 bits per heavy atom. The van der Waals surface area contributed by atoms with E-state index in [1.165, 1.54) is 11.1 Å². The first-order valence-corrected chi connectivity index (χ1v) is 6.02. The van der Waals surface area contributed by atoms with Crippen molar-refractivity contribution in [3.8, 4) is 0 Å².